The molecule has 1 aromatic carbocycles. The maximum absolute atomic E-state index is 14.1. The van der Waals surface area contributed by atoms with E-state index >= 15 is 0 Å². The van der Waals surface area contributed by atoms with Crippen molar-refractivity contribution in [2.75, 3.05) is 26.2 Å². The van der Waals surface area contributed by atoms with E-state index in [0.29, 0.717) is 13.1 Å². The number of hydrogen-bond acceptors (Lipinski definition) is 5. The first kappa shape index (κ1) is 19.2. The quantitative estimate of drug-likeness (QED) is 0.742. The topological polar surface area (TPSA) is 90.3 Å². The van der Waals surface area contributed by atoms with Crippen molar-refractivity contribution in [1.82, 2.24) is 9.80 Å². The first-order chi connectivity index (χ1) is 11.6. The standard InChI is InChI=1S/C16H22BFN2O5/c1-16(2,3)25-15(22)20-8-6-19(7-9-20)14(21)12-5-4-11(17(23)24)10-13(12)18/h4-5,10,23-24H,6-9H2,1-3H3. The lowest BCUT2D eigenvalue weighted by atomic mass is 9.80. The summed E-state index contributed by atoms with van der Waals surface area (Å²) in [5, 5.41) is 18.1. The van der Waals surface area contributed by atoms with E-state index in [-0.39, 0.29) is 24.1 Å². The molecule has 2 amide bonds. The smallest absolute Gasteiger partial charge is 0.444 e. The zero-order chi connectivity index (χ0) is 18.8. The number of ether oxygens (including phenoxy) is 1. The van der Waals surface area contributed by atoms with E-state index in [1.807, 2.05) is 0 Å². The molecule has 0 unspecified atom stereocenters. The van der Waals surface area contributed by atoms with Crippen LogP contribution in [0.15, 0.2) is 18.2 Å². The average Bonchev–Trinajstić information content (AvgIpc) is 2.52. The van der Waals surface area contributed by atoms with Crippen LogP contribution in [0.25, 0.3) is 0 Å². The van der Waals surface area contributed by atoms with Crippen molar-refractivity contribution in [3.8, 4) is 0 Å². The van der Waals surface area contributed by atoms with Crippen molar-refractivity contribution in [1.29, 1.82) is 0 Å². The molecule has 0 aromatic heterocycles. The maximum atomic E-state index is 14.1. The Morgan fingerprint density at radius 2 is 1.68 bits per heavy atom. The predicted octanol–water partition coefficient (Wildman–Crippen LogP) is 0.198. The number of carbonyl (C=O) groups excluding carboxylic acids is 2. The Balaban J connectivity index is 1.99. The summed E-state index contributed by atoms with van der Waals surface area (Å²) in [6.07, 6.45) is -0.438. The maximum Gasteiger partial charge on any atom is 0.488 e. The Bertz CT molecular complexity index is 654. The largest absolute Gasteiger partial charge is 0.488 e. The van der Waals surface area contributed by atoms with Gasteiger partial charge in [-0.15, -0.1) is 0 Å². The molecular formula is C16H22BFN2O5. The van der Waals surface area contributed by atoms with Crippen LogP contribution in [0.1, 0.15) is 31.1 Å². The van der Waals surface area contributed by atoms with Gasteiger partial charge in [0.15, 0.2) is 0 Å². The van der Waals surface area contributed by atoms with Gasteiger partial charge in [0.2, 0.25) is 0 Å². The van der Waals surface area contributed by atoms with Gasteiger partial charge >= 0.3 is 13.2 Å². The molecule has 9 heteroatoms. The van der Waals surface area contributed by atoms with Crippen LogP contribution in [0.4, 0.5) is 9.18 Å². The van der Waals surface area contributed by atoms with Crippen molar-refractivity contribution in [2.45, 2.75) is 26.4 Å². The Morgan fingerprint density at radius 1 is 1.12 bits per heavy atom. The Kier molecular flexibility index (Phi) is 5.69. The molecule has 1 aliphatic heterocycles. The SMILES string of the molecule is CC(C)(C)OC(=O)N1CCN(C(=O)c2ccc(B(O)O)cc2F)CC1. The lowest BCUT2D eigenvalue weighted by Gasteiger charge is -2.35. The third-order valence-electron chi connectivity index (χ3n) is 3.74. The Morgan fingerprint density at radius 3 is 2.16 bits per heavy atom. The molecule has 1 aromatic rings. The van der Waals surface area contributed by atoms with Gasteiger partial charge in [-0.3, -0.25) is 4.79 Å². The summed E-state index contributed by atoms with van der Waals surface area (Å²) in [6, 6.07) is 3.44. The summed E-state index contributed by atoms with van der Waals surface area (Å²) in [4.78, 5) is 27.4. The molecule has 2 N–H and O–H groups in total. The van der Waals surface area contributed by atoms with Crippen LogP contribution in [-0.2, 0) is 4.74 Å². The van der Waals surface area contributed by atoms with E-state index in [0.717, 1.165) is 6.07 Å². The number of nitrogens with zero attached hydrogens (tertiary/aromatic N) is 2. The highest BCUT2D eigenvalue weighted by molar-refractivity contribution is 6.58. The minimum Gasteiger partial charge on any atom is -0.444 e. The van der Waals surface area contributed by atoms with Crippen LogP contribution in [0.5, 0.6) is 0 Å². The third-order valence-corrected chi connectivity index (χ3v) is 3.74. The van der Waals surface area contributed by atoms with Gasteiger partial charge in [0, 0.05) is 26.2 Å². The van der Waals surface area contributed by atoms with Crippen LogP contribution in [0, 0.1) is 5.82 Å². The van der Waals surface area contributed by atoms with Gasteiger partial charge < -0.3 is 24.6 Å². The number of piperazine rings is 1. The molecule has 1 fully saturated rings. The molecule has 1 aliphatic rings. The molecule has 1 saturated heterocycles. The zero-order valence-corrected chi connectivity index (χ0v) is 14.5. The zero-order valence-electron chi connectivity index (χ0n) is 14.5. The van der Waals surface area contributed by atoms with Crippen LogP contribution >= 0.6 is 0 Å². The fraction of sp³-hybridized carbons (Fsp3) is 0.500. The minimum absolute atomic E-state index is 0.0243. The summed E-state index contributed by atoms with van der Waals surface area (Å²) in [6.45, 7) is 6.47. The molecular weight excluding hydrogens is 330 g/mol. The minimum atomic E-state index is -1.80. The van der Waals surface area contributed by atoms with Gasteiger partial charge in [0.1, 0.15) is 11.4 Å². The summed E-state index contributed by atoms with van der Waals surface area (Å²) < 4.78 is 19.3. The fourth-order valence-electron chi connectivity index (χ4n) is 2.45. The number of carbonyl (C=O) groups is 2. The second-order valence-corrected chi connectivity index (χ2v) is 6.87. The summed E-state index contributed by atoms with van der Waals surface area (Å²) in [7, 11) is -1.80. The van der Waals surface area contributed by atoms with Gasteiger partial charge in [-0.05, 0) is 38.4 Å². The molecule has 0 radical (unpaired) electrons. The Labute approximate surface area is 146 Å². The van der Waals surface area contributed by atoms with Crippen molar-refractivity contribution in [3.63, 3.8) is 0 Å². The predicted molar refractivity (Wildman–Crippen MR) is 89.9 cm³/mol. The molecule has 1 heterocycles. The van der Waals surface area contributed by atoms with Gasteiger partial charge in [-0.2, -0.15) is 0 Å². The molecule has 0 aliphatic carbocycles. The lowest BCUT2D eigenvalue weighted by molar-refractivity contribution is 0.0140. The second kappa shape index (κ2) is 7.41. The Hall–Kier alpha value is -2.13. The highest BCUT2D eigenvalue weighted by atomic mass is 19.1. The van der Waals surface area contributed by atoms with Crippen molar-refractivity contribution >= 4 is 24.6 Å². The number of hydrogen-bond donors (Lipinski definition) is 2. The fourth-order valence-corrected chi connectivity index (χ4v) is 2.45. The second-order valence-electron chi connectivity index (χ2n) is 6.87. The lowest BCUT2D eigenvalue weighted by Crippen LogP contribution is -2.51. The highest BCUT2D eigenvalue weighted by Gasteiger charge is 2.29. The van der Waals surface area contributed by atoms with Crippen LogP contribution in [-0.4, -0.2) is 70.7 Å². The normalized spacial score (nSPS) is 15.1. The van der Waals surface area contributed by atoms with Crippen LogP contribution in [0.3, 0.4) is 0 Å². The highest BCUT2D eigenvalue weighted by Crippen LogP contribution is 2.14. The van der Waals surface area contributed by atoms with E-state index in [1.165, 1.54) is 21.9 Å². The average molecular weight is 352 g/mol. The summed E-state index contributed by atoms with van der Waals surface area (Å²) >= 11 is 0. The van der Waals surface area contributed by atoms with E-state index in [2.05, 4.69) is 0 Å². The molecule has 0 spiro atoms. The number of halogens is 1. The van der Waals surface area contributed by atoms with Crippen molar-refractivity contribution < 1.29 is 28.8 Å². The molecule has 2 rings (SSSR count). The molecule has 0 atom stereocenters. The molecule has 0 bridgehead atoms. The number of amides is 2. The first-order valence-electron chi connectivity index (χ1n) is 8.01. The van der Waals surface area contributed by atoms with Crippen molar-refractivity contribution in [3.05, 3.63) is 29.6 Å². The van der Waals surface area contributed by atoms with E-state index in [4.69, 9.17) is 14.8 Å². The monoisotopic (exact) mass is 352 g/mol. The molecule has 136 valence electrons. The number of rotatable bonds is 2. The van der Waals surface area contributed by atoms with Gasteiger partial charge in [0.05, 0.1) is 5.56 Å². The van der Waals surface area contributed by atoms with E-state index in [9.17, 15) is 14.0 Å². The third kappa shape index (κ3) is 4.93. The molecule has 0 saturated carbocycles. The van der Waals surface area contributed by atoms with Crippen molar-refractivity contribution in [2.24, 2.45) is 0 Å². The van der Waals surface area contributed by atoms with E-state index < -0.39 is 30.5 Å². The van der Waals surface area contributed by atoms with Crippen LogP contribution in [0.2, 0.25) is 0 Å². The molecule has 7 nitrogen and oxygen atoms in total. The number of benzene rings is 1. The molecule has 25 heavy (non-hydrogen) atoms. The summed E-state index contributed by atoms with van der Waals surface area (Å²) in [5.74, 6) is -1.31. The van der Waals surface area contributed by atoms with E-state index in [1.54, 1.807) is 20.8 Å². The van der Waals surface area contributed by atoms with Gasteiger partial charge in [0.25, 0.3) is 5.91 Å². The first-order valence-corrected chi connectivity index (χ1v) is 8.01. The van der Waals surface area contributed by atoms with Gasteiger partial charge in [-0.25, -0.2) is 9.18 Å². The van der Waals surface area contributed by atoms with Gasteiger partial charge in [-0.1, -0.05) is 6.07 Å². The summed E-state index contributed by atoms with van der Waals surface area (Å²) in [5.41, 5.74) is -0.759. The van der Waals surface area contributed by atoms with Crippen LogP contribution < -0.4 is 5.46 Å².